The second kappa shape index (κ2) is 5.72. The monoisotopic (exact) mass is 198 g/mol. The summed E-state index contributed by atoms with van der Waals surface area (Å²) in [6.45, 7) is 9.41. The topological polar surface area (TPSA) is 29.3 Å². The Morgan fingerprint density at radius 3 is 2.14 bits per heavy atom. The Hall–Kier alpha value is -0.0800. The van der Waals surface area contributed by atoms with E-state index in [2.05, 4.69) is 25.7 Å². The van der Waals surface area contributed by atoms with Crippen molar-refractivity contribution in [1.29, 1.82) is 0 Å². The van der Waals surface area contributed by atoms with Crippen LogP contribution in [0.5, 0.6) is 0 Å². The van der Waals surface area contributed by atoms with Crippen LogP contribution < -0.4 is 5.73 Å². The van der Waals surface area contributed by atoms with Crippen LogP contribution in [0.4, 0.5) is 0 Å². The molecule has 0 spiro atoms. The highest BCUT2D eigenvalue weighted by Crippen LogP contribution is 2.21. The second-order valence-corrected chi connectivity index (χ2v) is 4.69. The van der Waals surface area contributed by atoms with Crippen LogP contribution in [0, 0.1) is 5.92 Å². The highest BCUT2D eigenvalue weighted by molar-refractivity contribution is 4.80. The van der Waals surface area contributed by atoms with Gasteiger partial charge in [-0.05, 0) is 38.8 Å². The fourth-order valence-electron chi connectivity index (χ4n) is 2.60. The lowest BCUT2D eigenvalue weighted by Crippen LogP contribution is -2.46. The summed E-state index contributed by atoms with van der Waals surface area (Å²) in [7, 11) is 0. The van der Waals surface area contributed by atoms with Crippen LogP contribution in [0.1, 0.15) is 46.5 Å². The molecule has 1 aliphatic heterocycles. The highest BCUT2D eigenvalue weighted by atomic mass is 15.2. The fourth-order valence-corrected chi connectivity index (χ4v) is 2.60. The third kappa shape index (κ3) is 2.96. The van der Waals surface area contributed by atoms with E-state index in [1.165, 1.54) is 38.8 Å². The Morgan fingerprint density at radius 1 is 1.21 bits per heavy atom. The molecule has 0 aromatic carbocycles. The Labute approximate surface area is 88.8 Å². The van der Waals surface area contributed by atoms with Crippen LogP contribution in [0.2, 0.25) is 0 Å². The van der Waals surface area contributed by atoms with Gasteiger partial charge in [0.25, 0.3) is 0 Å². The van der Waals surface area contributed by atoms with E-state index in [0.717, 1.165) is 12.0 Å². The number of piperidine rings is 1. The zero-order chi connectivity index (χ0) is 10.6. The average molecular weight is 198 g/mol. The molecule has 84 valence electrons. The summed E-state index contributed by atoms with van der Waals surface area (Å²) in [5, 5.41) is 0. The number of hydrogen-bond acceptors (Lipinski definition) is 2. The van der Waals surface area contributed by atoms with Crippen molar-refractivity contribution in [1.82, 2.24) is 4.90 Å². The molecule has 1 fully saturated rings. The molecule has 0 aromatic rings. The summed E-state index contributed by atoms with van der Waals surface area (Å²) in [5.74, 6) is 0.865. The van der Waals surface area contributed by atoms with Crippen LogP contribution in [0.25, 0.3) is 0 Å². The van der Waals surface area contributed by atoms with Crippen molar-refractivity contribution in [2.24, 2.45) is 11.7 Å². The maximum absolute atomic E-state index is 5.91. The molecule has 0 bridgehead atoms. The predicted molar refractivity (Wildman–Crippen MR) is 62.3 cm³/mol. The third-order valence-corrected chi connectivity index (χ3v) is 3.88. The number of likely N-dealkylation sites (tertiary alicyclic amines) is 1. The molecule has 2 N–H and O–H groups in total. The van der Waals surface area contributed by atoms with E-state index in [4.69, 9.17) is 5.73 Å². The third-order valence-electron chi connectivity index (χ3n) is 3.88. The van der Waals surface area contributed by atoms with E-state index >= 15 is 0 Å². The van der Waals surface area contributed by atoms with E-state index in [1.807, 2.05) is 0 Å². The molecule has 2 nitrogen and oxygen atoms in total. The Morgan fingerprint density at radius 2 is 1.71 bits per heavy atom. The van der Waals surface area contributed by atoms with Crippen molar-refractivity contribution in [2.75, 3.05) is 13.1 Å². The van der Waals surface area contributed by atoms with Gasteiger partial charge < -0.3 is 10.6 Å². The van der Waals surface area contributed by atoms with Crippen LogP contribution in [-0.4, -0.2) is 30.1 Å². The summed E-state index contributed by atoms with van der Waals surface area (Å²) in [5.41, 5.74) is 5.91. The molecule has 1 aliphatic rings. The molecule has 0 aromatic heterocycles. The molecule has 2 heteroatoms. The first-order chi connectivity index (χ1) is 6.69. The lowest BCUT2D eigenvalue weighted by atomic mass is 9.92. The standard InChI is InChI=1S/C12H26N2/c1-4-11(5-2)10(3)14-8-6-12(13)7-9-14/h10-12H,4-9,13H2,1-3H3. The first-order valence-electron chi connectivity index (χ1n) is 6.18. The van der Waals surface area contributed by atoms with Crippen molar-refractivity contribution in [3.8, 4) is 0 Å². The molecule has 1 atom stereocenters. The maximum atomic E-state index is 5.91. The highest BCUT2D eigenvalue weighted by Gasteiger charge is 2.24. The molecule has 0 radical (unpaired) electrons. The quantitative estimate of drug-likeness (QED) is 0.750. The van der Waals surface area contributed by atoms with Gasteiger partial charge >= 0.3 is 0 Å². The molecule has 0 aliphatic carbocycles. The lowest BCUT2D eigenvalue weighted by molar-refractivity contribution is 0.116. The Bertz CT molecular complexity index is 146. The summed E-state index contributed by atoms with van der Waals surface area (Å²) in [4.78, 5) is 2.63. The number of rotatable bonds is 4. The van der Waals surface area contributed by atoms with Crippen molar-refractivity contribution in [2.45, 2.75) is 58.5 Å². The van der Waals surface area contributed by atoms with Crippen LogP contribution in [0.15, 0.2) is 0 Å². The van der Waals surface area contributed by atoms with Crippen LogP contribution in [0.3, 0.4) is 0 Å². The zero-order valence-corrected chi connectivity index (χ0v) is 10.00. The van der Waals surface area contributed by atoms with Gasteiger partial charge in [-0.3, -0.25) is 0 Å². The van der Waals surface area contributed by atoms with Gasteiger partial charge in [-0.1, -0.05) is 26.7 Å². The summed E-state index contributed by atoms with van der Waals surface area (Å²) in [6, 6.07) is 1.21. The predicted octanol–water partition coefficient (Wildman–Crippen LogP) is 2.23. The largest absolute Gasteiger partial charge is 0.328 e. The second-order valence-electron chi connectivity index (χ2n) is 4.69. The van der Waals surface area contributed by atoms with Gasteiger partial charge in [0.05, 0.1) is 0 Å². The zero-order valence-electron chi connectivity index (χ0n) is 10.00. The minimum Gasteiger partial charge on any atom is -0.328 e. The molecule has 1 saturated heterocycles. The van der Waals surface area contributed by atoms with Gasteiger partial charge in [0.1, 0.15) is 0 Å². The summed E-state index contributed by atoms with van der Waals surface area (Å²) >= 11 is 0. The van der Waals surface area contributed by atoms with E-state index in [9.17, 15) is 0 Å². The molecule has 1 unspecified atom stereocenters. The van der Waals surface area contributed by atoms with Gasteiger partial charge in [-0.15, -0.1) is 0 Å². The maximum Gasteiger partial charge on any atom is 0.00950 e. The average Bonchev–Trinajstić information content (AvgIpc) is 2.20. The lowest BCUT2D eigenvalue weighted by Gasteiger charge is -2.38. The van der Waals surface area contributed by atoms with E-state index in [-0.39, 0.29) is 0 Å². The Kier molecular flexibility index (Phi) is 4.90. The van der Waals surface area contributed by atoms with E-state index in [1.54, 1.807) is 0 Å². The molecule has 0 amide bonds. The molecule has 1 heterocycles. The van der Waals surface area contributed by atoms with Gasteiger partial charge in [0.15, 0.2) is 0 Å². The van der Waals surface area contributed by atoms with Crippen LogP contribution in [-0.2, 0) is 0 Å². The fraction of sp³-hybridized carbons (Fsp3) is 1.00. The number of nitrogens with zero attached hydrogens (tertiary/aromatic N) is 1. The minimum absolute atomic E-state index is 0.458. The molecular formula is C12H26N2. The summed E-state index contributed by atoms with van der Waals surface area (Å²) < 4.78 is 0. The van der Waals surface area contributed by atoms with Crippen molar-refractivity contribution in [3.05, 3.63) is 0 Å². The number of hydrogen-bond donors (Lipinski definition) is 1. The van der Waals surface area contributed by atoms with Gasteiger partial charge in [-0.25, -0.2) is 0 Å². The SMILES string of the molecule is CCC(CC)C(C)N1CCC(N)CC1. The number of nitrogens with two attached hydrogens (primary N) is 1. The first-order valence-corrected chi connectivity index (χ1v) is 6.18. The smallest absolute Gasteiger partial charge is 0.00950 e. The molecule has 14 heavy (non-hydrogen) atoms. The van der Waals surface area contributed by atoms with Crippen LogP contribution >= 0.6 is 0 Å². The van der Waals surface area contributed by atoms with Crippen molar-refractivity contribution < 1.29 is 0 Å². The van der Waals surface area contributed by atoms with E-state index < -0.39 is 0 Å². The van der Waals surface area contributed by atoms with E-state index in [0.29, 0.717) is 6.04 Å². The normalized spacial score (nSPS) is 22.9. The molecule has 0 saturated carbocycles. The molecular weight excluding hydrogens is 172 g/mol. The first kappa shape index (κ1) is 12.0. The Balaban J connectivity index is 2.39. The summed E-state index contributed by atoms with van der Waals surface area (Å²) in [6.07, 6.45) is 4.98. The molecule has 1 rings (SSSR count). The van der Waals surface area contributed by atoms with Crippen molar-refractivity contribution >= 4 is 0 Å². The van der Waals surface area contributed by atoms with Crippen molar-refractivity contribution in [3.63, 3.8) is 0 Å². The minimum atomic E-state index is 0.458. The van der Waals surface area contributed by atoms with Gasteiger partial charge in [0.2, 0.25) is 0 Å². The van der Waals surface area contributed by atoms with Gasteiger partial charge in [0, 0.05) is 12.1 Å². The van der Waals surface area contributed by atoms with Gasteiger partial charge in [-0.2, -0.15) is 0 Å².